The molecule has 78 valence electrons. The standard InChI is InChI=1S/C7H14BrNO2S2/c1-7(2)5-9(3-4-12-7)13(10,11)6-8/h3-6H2,1-2H3. The van der Waals surface area contributed by atoms with E-state index < -0.39 is 10.0 Å². The predicted molar refractivity (Wildman–Crippen MR) is 60.8 cm³/mol. The number of hydrogen-bond donors (Lipinski definition) is 0. The fraction of sp³-hybridized carbons (Fsp3) is 1.00. The topological polar surface area (TPSA) is 37.4 Å². The molecule has 1 saturated heterocycles. The lowest BCUT2D eigenvalue weighted by Gasteiger charge is -2.36. The lowest BCUT2D eigenvalue weighted by Crippen LogP contribution is -2.46. The molecule has 0 spiro atoms. The molecular formula is C7H14BrNO2S2. The van der Waals surface area contributed by atoms with E-state index in [4.69, 9.17) is 0 Å². The quantitative estimate of drug-likeness (QED) is 0.723. The molecule has 0 bridgehead atoms. The summed E-state index contributed by atoms with van der Waals surface area (Å²) in [6, 6.07) is 0. The first-order valence-corrected chi connectivity index (χ1v) is 7.77. The molecule has 1 aliphatic rings. The minimum absolute atomic E-state index is 0.0285. The van der Waals surface area contributed by atoms with Gasteiger partial charge in [-0.3, -0.25) is 0 Å². The van der Waals surface area contributed by atoms with Gasteiger partial charge in [-0.2, -0.15) is 16.1 Å². The highest BCUT2D eigenvalue weighted by Gasteiger charge is 2.32. The van der Waals surface area contributed by atoms with Gasteiger partial charge >= 0.3 is 0 Å². The Hall–Kier alpha value is 0.740. The molecule has 0 aromatic heterocycles. The van der Waals surface area contributed by atoms with Gasteiger partial charge in [-0.15, -0.1) is 0 Å². The lowest BCUT2D eigenvalue weighted by molar-refractivity contribution is 0.390. The second kappa shape index (κ2) is 4.08. The van der Waals surface area contributed by atoms with E-state index in [1.54, 1.807) is 4.31 Å². The molecule has 0 radical (unpaired) electrons. The number of rotatable bonds is 2. The third-order valence-electron chi connectivity index (χ3n) is 1.92. The minimum Gasteiger partial charge on any atom is -0.211 e. The number of alkyl halides is 1. The summed E-state index contributed by atoms with van der Waals surface area (Å²) < 4.78 is 24.7. The van der Waals surface area contributed by atoms with Gasteiger partial charge in [0.15, 0.2) is 0 Å². The first-order chi connectivity index (χ1) is 5.87. The number of hydrogen-bond acceptors (Lipinski definition) is 3. The second-order valence-corrected chi connectivity index (χ2v) is 8.74. The average molecular weight is 288 g/mol. The van der Waals surface area contributed by atoms with Gasteiger partial charge in [-0.25, -0.2) is 8.42 Å². The summed E-state index contributed by atoms with van der Waals surface area (Å²) in [4.78, 5) is 0. The summed E-state index contributed by atoms with van der Waals surface area (Å²) in [6.45, 7) is 5.41. The van der Waals surface area contributed by atoms with Crippen LogP contribution < -0.4 is 0 Å². The van der Waals surface area contributed by atoms with E-state index in [1.807, 2.05) is 11.8 Å². The Bertz CT molecular complexity index is 276. The maximum absolute atomic E-state index is 11.5. The highest BCUT2D eigenvalue weighted by Crippen LogP contribution is 2.30. The number of thioether (sulfide) groups is 1. The van der Waals surface area contributed by atoms with E-state index in [1.165, 1.54) is 0 Å². The summed E-state index contributed by atoms with van der Waals surface area (Å²) in [6.07, 6.45) is 0. The third kappa shape index (κ3) is 3.11. The van der Waals surface area contributed by atoms with Crippen LogP contribution in [-0.4, -0.2) is 41.0 Å². The van der Waals surface area contributed by atoms with E-state index in [2.05, 4.69) is 29.8 Å². The van der Waals surface area contributed by atoms with Crippen molar-refractivity contribution in [2.75, 3.05) is 23.5 Å². The van der Waals surface area contributed by atoms with Crippen molar-refractivity contribution in [3.63, 3.8) is 0 Å². The van der Waals surface area contributed by atoms with Crippen LogP contribution in [0.25, 0.3) is 0 Å². The van der Waals surface area contributed by atoms with Crippen molar-refractivity contribution >= 4 is 37.7 Å². The molecule has 0 saturated carbocycles. The van der Waals surface area contributed by atoms with Gasteiger partial charge in [0.05, 0.1) is 0 Å². The van der Waals surface area contributed by atoms with E-state index in [0.29, 0.717) is 13.1 Å². The van der Waals surface area contributed by atoms with E-state index in [-0.39, 0.29) is 9.41 Å². The Morgan fingerprint density at radius 2 is 2.15 bits per heavy atom. The largest absolute Gasteiger partial charge is 0.224 e. The highest BCUT2D eigenvalue weighted by atomic mass is 79.9. The van der Waals surface area contributed by atoms with Crippen LogP contribution in [0.3, 0.4) is 0 Å². The van der Waals surface area contributed by atoms with Crippen LogP contribution in [-0.2, 0) is 10.0 Å². The van der Waals surface area contributed by atoms with Crippen molar-refractivity contribution < 1.29 is 8.42 Å². The van der Waals surface area contributed by atoms with Gasteiger partial charge in [-0.1, -0.05) is 15.9 Å². The minimum atomic E-state index is -3.06. The second-order valence-electron chi connectivity index (χ2n) is 3.66. The van der Waals surface area contributed by atoms with Crippen molar-refractivity contribution in [2.45, 2.75) is 18.6 Å². The molecule has 3 nitrogen and oxygen atoms in total. The Morgan fingerprint density at radius 3 is 2.62 bits per heavy atom. The molecule has 0 aliphatic carbocycles. The third-order valence-corrected chi connectivity index (χ3v) is 6.33. The zero-order valence-corrected chi connectivity index (χ0v) is 11.0. The zero-order valence-electron chi connectivity index (χ0n) is 7.79. The van der Waals surface area contributed by atoms with Crippen LogP contribution in [0.1, 0.15) is 13.8 Å². The van der Waals surface area contributed by atoms with Crippen LogP contribution in [0, 0.1) is 0 Å². The normalized spacial score (nSPS) is 24.5. The molecule has 0 unspecified atom stereocenters. The monoisotopic (exact) mass is 287 g/mol. The molecule has 1 heterocycles. The van der Waals surface area contributed by atoms with Crippen LogP contribution in [0.15, 0.2) is 0 Å². The van der Waals surface area contributed by atoms with E-state index in [0.717, 1.165) is 5.75 Å². The van der Waals surface area contributed by atoms with Crippen LogP contribution in [0.2, 0.25) is 0 Å². The van der Waals surface area contributed by atoms with Crippen molar-refractivity contribution in [3.8, 4) is 0 Å². The number of halogens is 1. The Morgan fingerprint density at radius 1 is 1.54 bits per heavy atom. The lowest BCUT2D eigenvalue weighted by atomic mass is 10.2. The molecule has 1 rings (SSSR count). The van der Waals surface area contributed by atoms with Crippen molar-refractivity contribution in [3.05, 3.63) is 0 Å². The summed E-state index contributed by atoms with van der Waals surface area (Å²) in [5, 5.41) is 0. The first-order valence-electron chi connectivity index (χ1n) is 4.05. The molecular weight excluding hydrogens is 274 g/mol. The maximum atomic E-state index is 11.5. The Labute approximate surface area is 92.4 Å². The van der Waals surface area contributed by atoms with Gasteiger partial charge < -0.3 is 0 Å². The SMILES string of the molecule is CC1(C)CN(S(=O)(=O)CBr)CCS1. The highest BCUT2D eigenvalue weighted by molar-refractivity contribution is 9.10. The number of nitrogens with zero attached hydrogens (tertiary/aromatic N) is 1. The molecule has 0 aromatic carbocycles. The molecule has 13 heavy (non-hydrogen) atoms. The summed E-state index contributed by atoms with van der Waals surface area (Å²) >= 11 is 4.84. The molecule has 0 N–H and O–H groups in total. The fourth-order valence-corrected chi connectivity index (χ4v) is 4.48. The maximum Gasteiger partial charge on any atom is 0.224 e. The van der Waals surface area contributed by atoms with Gasteiger partial charge in [0.25, 0.3) is 0 Å². The van der Waals surface area contributed by atoms with Gasteiger partial charge in [0, 0.05) is 23.6 Å². The van der Waals surface area contributed by atoms with Gasteiger partial charge in [-0.05, 0) is 13.8 Å². The average Bonchev–Trinajstić information content (AvgIpc) is 2.03. The zero-order chi connectivity index (χ0) is 10.1. The first kappa shape index (κ1) is 11.8. The van der Waals surface area contributed by atoms with Crippen molar-refractivity contribution in [1.82, 2.24) is 4.31 Å². The Balaban J connectivity index is 2.73. The molecule has 6 heteroatoms. The summed E-state index contributed by atoms with van der Waals surface area (Å²) in [5.41, 5.74) is 0. The summed E-state index contributed by atoms with van der Waals surface area (Å²) in [7, 11) is -3.06. The fourth-order valence-electron chi connectivity index (χ4n) is 1.28. The van der Waals surface area contributed by atoms with E-state index >= 15 is 0 Å². The number of sulfonamides is 1. The summed E-state index contributed by atoms with van der Waals surface area (Å²) in [5.74, 6) is 0.888. The molecule has 1 aliphatic heterocycles. The van der Waals surface area contributed by atoms with Crippen LogP contribution in [0.4, 0.5) is 0 Å². The van der Waals surface area contributed by atoms with Gasteiger partial charge in [0.2, 0.25) is 10.0 Å². The van der Waals surface area contributed by atoms with Crippen molar-refractivity contribution in [2.24, 2.45) is 0 Å². The predicted octanol–water partition coefficient (Wildman–Crippen LogP) is 1.50. The van der Waals surface area contributed by atoms with E-state index in [9.17, 15) is 8.42 Å². The Kier molecular flexibility index (Phi) is 3.71. The van der Waals surface area contributed by atoms with Crippen LogP contribution in [0.5, 0.6) is 0 Å². The molecule has 0 atom stereocenters. The molecule has 1 fully saturated rings. The molecule has 0 aromatic rings. The van der Waals surface area contributed by atoms with Crippen molar-refractivity contribution in [1.29, 1.82) is 0 Å². The molecule has 0 amide bonds. The smallest absolute Gasteiger partial charge is 0.211 e. The van der Waals surface area contributed by atoms with Crippen LogP contribution >= 0.6 is 27.7 Å². The van der Waals surface area contributed by atoms with Gasteiger partial charge in [0.1, 0.15) is 4.66 Å².